The Morgan fingerprint density at radius 3 is 2.33 bits per heavy atom. The molecule has 1 N–H and O–H groups in total. The predicted molar refractivity (Wildman–Crippen MR) is 70.8 cm³/mol. The summed E-state index contributed by atoms with van der Waals surface area (Å²) >= 11 is 0. The maximum atomic E-state index is 12.8. The van der Waals surface area contributed by atoms with Gasteiger partial charge in [0.2, 0.25) is 0 Å². The largest absolute Gasteiger partial charge is 0.368 e. The average Bonchev–Trinajstić information content (AvgIpc) is 2.38. The molecule has 0 saturated carbocycles. The van der Waals surface area contributed by atoms with Crippen molar-refractivity contribution in [2.45, 2.75) is 13.8 Å². The van der Waals surface area contributed by atoms with Crippen molar-refractivity contribution < 1.29 is 4.39 Å². The molecule has 0 aliphatic carbocycles. The van der Waals surface area contributed by atoms with Crippen molar-refractivity contribution in [1.82, 2.24) is 10.2 Å². The summed E-state index contributed by atoms with van der Waals surface area (Å²) in [6.45, 7) is 5.13. The minimum atomic E-state index is -0.248. The number of nitrogens with zero attached hydrogens (tertiary/aromatic N) is 2. The molecule has 4 heteroatoms. The van der Waals surface area contributed by atoms with Gasteiger partial charge in [-0.15, -0.1) is 10.2 Å². The molecule has 0 spiro atoms. The molecular weight excluding hydrogens is 229 g/mol. The molecular formula is C14H16FN3. The Kier molecular flexibility index (Phi) is 3.87. The van der Waals surface area contributed by atoms with E-state index in [-0.39, 0.29) is 5.82 Å². The van der Waals surface area contributed by atoms with E-state index >= 15 is 0 Å². The van der Waals surface area contributed by atoms with Crippen LogP contribution < -0.4 is 5.32 Å². The molecule has 0 amide bonds. The summed E-state index contributed by atoms with van der Waals surface area (Å²) in [5.41, 5.74) is 1.60. The van der Waals surface area contributed by atoms with E-state index in [1.807, 2.05) is 12.1 Å². The number of anilines is 1. The lowest BCUT2D eigenvalue weighted by Crippen LogP contribution is -2.09. The highest BCUT2D eigenvalue weighted by Gasteiger charge is 2.02. The number of nitrogens with one attached hydrogen (secondary N) is 1. The minimum Gasteiger partial charge on any atom is -0.368 e. The third-order valence-corrected chi connectivity index (χ3v) is 2.50. The third-order valence-electron chi connectivity index (χ3n) is 2.50. The SMILES string of the molecule is CC(C)CNc1ccc(-c2ccc(F)cc2)nn1. The molecule has 1 heterocycles. The zero-order valence-corrected chi connectivity index (χ0v) is 10.5. The van der Waals surface area contributed by atoms with Crippen molar-refractivity contribution >= 4 is 5.82 Å². The first-order valence-electron chi connectivity index (χ1n) is 5.98. The summed E-state index contributed by atoms with van der Waals surface area (Å²) in [4.78, 5) is 0. The van der Waals surface area contributed by atoms with E-state index in [1.165, 1.54) is 12.1 Å². The Balaban J connectivity index is 2.09. The molecule has 0 radical (unpaired) electrons. The number of hydrogen-bond acceptors (Lipinski definition) is 3. The Hall–Kier alpha value is -1.97. The van der Waals surface area contributed by atoms with Gasteiger partial charge >= 0.3 is 0 Å². The number of halogens is 1. The van der Waals surface area contributed by atoms with Crippen LogP contribution in [0.4, 0.5) is 10.2 Å². The second kappa shape index (κ2) is 5.58. The standard InChI is InChI=1S/C14H16FN3/c1-10(2)9-16-14-8-7-13(17-18-14)11-3-5-12(15)6-4-11/h3-8,10H,9H2,1-2H3,(H,16,18). The summed E-state index contributed by atoms with van der Waals surface area (Å²) in [7, 11) is 0. The molecule has 0 aliphatic heterocycles. The van der Waals surface area contributed by atoms with Crippen LogP contribution in [0.15, 0.2) is 36.4 Å². The third kappa shape index (κ3) is 3.26. The lowest BCUT2D eigenvalue weighted by atomic mass is 10.1. The molecule has 0 saturated heterocycles. The molecule has 18 heavy (non-hydrogen) atoms. The lowest BCUT2D eigenvalue weighted by molar-refractivity contribution is 0.628. The normalized spacial score (nSPS) is 10.7. The fourth-order valence-corrected chi connectivity index (χ4v) is 1.51. The van der Waals surface area contributed by atoms with Crippen LogP contribution in [-0.2, 0) is 0 Å². The van der Waals surface area contributed by atoms with E-state index in [0.717, 1.165) is 23.6 Å². The monoisotopic (exact) mass is 245 g/mol. The van der Waals surface area contributed by atoms with Crippen LogP contribution >= 0.6 is 0 Å². The van der Waals surface area contributed by atoms with E-state index in [4.69, 9.17) is 0 Å². The van der Waals surface area contributed by atoms with Gasteiger partial charge in [-0.25, -0.2) is 4.39 Å². The molecule has 1 aromatic carbocycles. The van der Waals surface area contributed by atoms with Gasteiger partial charge in [-0.1, -0.05) is 13.8 Å². The summed E-state index contributed by atoms with van der Waals surface area (Å²) in [6, 6.07) is 9.99. The fourth-order valence-electron chi connectivity index (χ4n) is 1.51. The van der Waals surface area contributed by atoms with Crippen molar-refractivity contribution in [3.05, 3.63) is 42.2 Å². The highest BCUT2D eigenvalue weighted by Crippen LogP contribution is 2.17. The number of rotatable bonds is 4. The molecule has 0 atom stereocenters. The molecule has 94 valence electrons. The number of hydrogen-bond donors (Lipinski definition) is 1. The van der Waals surface area contributed by atoms with Gasteiger partial charge in [-0.3, -0.25) is 0 Å². The first kappa shape index (κ1) is 12.5. The second-order valence-corrected chi connectivity index (χ2v) is 4.59. The fraction of sp³-hybridized carbons (Fsp3) is 0.286. The van der Waals surface area contributed by atoms with E-state index < -0.39 is 0 Å². The Morgan fingerprint density at radius 2 is 1.78 bits per heavy atom. The van der Waals surface area contributed by atoms with Gasteiger partial charge in [0, 0.05) is 12.1 Å². The van der Waals surface area contributed by atoms with Crippen LogP contribution in [0.2, 0.25) is 0 Å². The van der Waals surface area contributed by atoms with Crippen molar-refractivity contribution in [2.24, 2.45) is 5.92 Å². The predicted octanol–water partition coefficient (Wildman–Crippen LogP) is 3.35. The quantitative estimate of drug-likeness (QED) is 0.897. The van der Waals surface area contributed by atoms with Gasteiger partial charge in [0.05, 0.1) is 5.69 Å². The van der Waals surface area contributed by atoms with Gasteiger partial charge in [-0.05, 0) is 42.3 Å². The van der Waals surface area contributed by atoms with E-state index in [1.54, 1.807) is 12.1 Å². The second-order valence-electron chi connectivity index (χ2n) is 4.59. The Bertz CT molecular complexity index is 491. The van der Waals surface area contributed by atoms with Gasteiger partial charge in [0.1, 0.15) is 11.6 Å². The van der Waals surface area contributed by atoms with Crippen LogP contribution in [0.25, 0.3) is 11.3 Å². The Labute approximate surface area is 106 Å². The first-order chi connectivity index (χ1) is 8.65. The molecule has 0 aliphatic rings. The maximum absolute atomic E-state index is 12.8. The van der Waals surface area contributed by atoms with Crippen LogP contribution in [0.3, 0.4) is 0 Å². The molecule has 1 aromatic heterocycles. The highest BCUT2D eigenvalue weighted by atomic mass is 19.1. The van der Waals surface area contributed by atoms with Gasteiger partial charge in [0.15, 0.2) is 0 Å². The van der Waals surface area contributed by atoms with Gasteiger partial charge < -0.3 is 5.32 Å². The lowest BCUT2D eigenvalue weighted by Gasteiger charge is -2.07. The summed E-state index contributed by atoms with van der Waals surface area (Å²) in [5.74, 6) is 1.07. The molecule has 2 aromatic rings. The molecule has 0 fully saturated rings. The van der Waals surface area contributed by atoms with E-state index in [0.29, 0.717) is 5.92 Å². The maximum Gasteiger partial charge on any atom is 0.148 e. The van der Waals surface area contributed by atoms with Crippen LogP contribution in [0.1, 0.15) is 13.8 Å². The average molecular weight is 245 g/mol. The first-order valence-corrected chi connectivity index (χ1v) is 5.98. The van der Waals surface area contributed by atoms with Crippen LogP contribution in [0.5, 0.6) is 0 Å². The van der Waals surface area contributed by atoms with Crippen LogP contribution in [0, 0.1) is 11.7 Å². The smallest absolute Gasteiger partial charge is 0.148 e. The highest BCUT2D eigenvalue weighted by molar-refractivity contribution is 5.59. The van der Waals surface area contributed by atoms with Gasteiger partial charge in [0.25, 0.3) is 0 Å². The molecule has 2 rings (SSSR count). The van der Waals surface area contributed by atoms with Crippen molar-refractivity contribution in [1.29, 1.82) is 0 Å². The summed E-state index contributed by atoms with van der Waals surface area (Å²) in [6.07, 6.45) is 0. The van der Waals surface area contributed by atoms with E-state index in [9.17, 15) is 4.39 Å². The van der Waals surface area contributed by atoms with Crippen LogP contribution in [-0.4, -0.2) is 16.7 Å². The Morgan fingerprint density at radius 1 is 1.06 bits per heavy atom. The van der Waals surface area contributed by atoms with Crippen molar-refractivity contribution in [3.8, 4) is 11.3 Å². The van der Waals surface area contributed by atoms with Crippen molar-refractivity contribution in [2.75, 3.05) is 11.9 Å². The topological polar surface area (TPSA) is 37.8 Å². The zero-order valence-electron chi connectivity index (χ0n) is 10.5. The number of aromatic nitrogens is 2. The molecule has 3 nitrogen and oxygen atoms in total. The molecule has 0 bridgehead atoms. The minimum absolute atomic E-state index is 0.248. The zero-order chi connectivity index (χ0) is 13.0. The van der Waals surface area contributed by atoms with Gasteiger partial charge in [-0.2, -0.15) is 0 Å². The summed E-state index contributed by atoms with van der Waals surface area (Å²) < 4.78 is 12.8. The van der Waals surface area contributed by atoms with E-state index in [2.05, 4.69) is 29.4 Å². The molecule has 0 unspecified atom stereocenters. The number of benzene rings is 1. The van der Waals surface area contributed by atoms with Crippen molar-refractivity contribution in [3.63, 3.8) is 0 Å². The summed E-state index contributed by atoms with van der Waals surface area (Å²) in [5, 5.41) is 11.4.